The number of benzene rings is 2. The predicted molar refractivity (Wildman–Crippen MR) is 133 cm³/mol. The third kappa shape index (κ3) is 5.92. The molecule has 0 unspecified atom stereocenters. The summed E-state index contributed by atoms with van der Waals surface area (Å²) in [5.74, 6) is 1.10. The van der Waals surface area contributed by atoms with E-state index < -0.39 is 0 Å². The largest absolute Gasteiger partial charge is 0.371 e. The second kappa shape index (κ2) is 10.5. The summed E-state index contributed by atoms with van der Waals surface area (Å²) in [4.78, 5) is 17.9. The lowest BCUT2D eigenvalue weighted by molar-refractivity contribution is -0.127. The van der Waals surface area contributed by atoms with Crippen LogP contribution in [0, 0.1) is 18.8 Å². The van der Waals surface area contributed by atoms with Gasteiger partial charge in [-0.25, -0.2) is 0 Å². The first-order valence-electron chi connectivity index (χ1n) is 12.4. The Morgan fingerprint density at radius 3 is 2.34 bits per heavy atom. The van der Waals surface area contributed by atoms with Gasteiger partial charge in [-0.1, -0.05) is 48.9 Å². The molecule has 1 N–H and O–H groups in total. The van der Waals surface area contributed by atoms with Crippen molar-refractivity contribution in [2.24, 2.45) is 11.8 Å². The zero-order valence-electron chi connectivity index (χ0n) is 20.0. The molecule has 2 aromatic rings. The molecule has 2 aromatic carbocycles. The highest BCUT2D eigenvalue weighted by Crippen LogP contribution is 2.25. The lowest BCUT2D eigenvalue weighted by Gasteiger charge is -2.33. The Balaban J connectivity index is 1.24. The third-order valence-electron chi connectivity index (χ3n) is 7.26. The van der Waals surface area contributed by atoms with Crippen LogP contribution in [-0.4, -0.2) is 37.0 Å². The zero-order valence-corrected chi connectivity index (χ0v) is 20.0. The number of hydrogen-bond donors (Lipinski definition) is 1. The molecule has 4 nitrogen and oxygen atoms in total. The van der Waals surface area contributed by atoms with Crippen LogP contribution in [0.25, 0.3) is 0 Å². The van der Waals surface area contributed by atoms with E-state index >= 15 is 0 Å². The summed E-state index contributed by atoms with van der Waals surface area (Å²) in [5, 5.41) is 3.27. The summed E-state index contributed by atoms with van der Waals surface area (Å²) in [6.07, 6.45) is 4.49. The Labute approximate surface area is 194 Å². The van der Waals surface area contributed by atoms with Gasteiger partial charge in [-0.05, 0) is 81.8 Å². The molecule has 0 saturated carbocycles. The van der Waals surface area contributed by atoms with Crippen molar-refractivity contribution >= 4 is 11.6 Å². The van der Waals surface area contributed by atoms with Gasteiger partial charge in [0.25, 0.3) is 0 Å². The molecule has 2 saturated heterocycles. The monoisotopic (exact) mass is 433 g/mol. The number of nitrogens with zero attached hydrogens (tertiary/aromatic N) is 2. The van der Waals surface area contributed by atoms with Gasteiger partial charge in [0.2, 0.25) is 5.91 Å². The topological polar surface area (TPSA) is 35.6 Å². The van der Waals surface area contributed by atoms with Gasteiger partial charge in [0, 0.05) is 31.2 Å². The van der Waals surface area contributed by atoms with Crippen LogP contribution in [0.4, 0.5) is 5.69 Å². The van der Waals surface area contributed by atoms with Gasteiger partial charge in [-0.2, -0.15) is 0 Å². The minimum Gasteiger partial charge on any atom is -0.371 e. The van der Waals surface area contributed by atoms with E-state index in [0.717, 1.165) is 51.5 Å². The number of likely N-dealkylation sites (tertiary alicyclic amines) is 1. The molecule has 4 rings (SSSR count). The molecule has 2 aliphatic heterocycles. The van der Waals surface area contributed by atoms with E-state index in [1.165, 1.54) is 35.2 Å². The van der Waals surface area contributed by atoms with Crippen LogP contribution >= 0.6 is 0 Å². The number of carbonyl (C=O) groups excluding carboxylic acids is 1. The van der Waals surface area contributed by atoms with Crippen molar-refractivity contribution < 1.29 is 4.79 Å². The molecule has 172 valence electrons. The number of hydrogen-bond acceptors (Lipinski definition) is 3. The number of anilines is 1. The van der Waals surface area contributed by atoms with Crippen molar-refractivity contribution in [3.63, 3.8) is 0 Å². The minimum absolute atomic E-state index is 0.0439. The number of amides is 1. The van der Waals surface area contributed by atoms with E-state index in [2.05, 4.69) is 84.4 Å². The van der Waals surface area contributed by atoms with Crippen LogP contribution in [0.2, 0.25) is 0 Å². The van der Waals surface area contributed by atoms with Crippen molar-refractivity contribution in [1.29, 1.82) is 0 Å². The van der Waals surface area contributed by atoms with Gasteiger partial charge in [0.15, 0.2) is 0 Å². The van der Waals surface area contributed by atoms with Crippen molar-refractivity contribution in [3.05, 3.63) is 65.2 Å². The average Bonchev–Trinajstić information content (AvgIpc) is 2.81. The predicted octanol–water partition coefficient (Wildman–Crippen LogP) is 5.32. The fourth-order valence-corrected chi connectivity index (χ4v) is 5.12. The van der Waals surface area contributed by atoms with Crippen molar-refractivity contribution in [3.8, 4) is 0 Å². The third-order valence-corrected chi connectivity index (χ3v) is 7.26. The van der Waals surface area contributed by atoms with E-state index in [1.807, 2.05) is 0 Å². The maximum Gasteiger partial charge on any atom is 0.223 e. The molecule has 0 spiro atoms. The first kappa shape index (κ1) is 22.8. The lowest BCUT2D eigenvalue weighted by atomic mass is 9.94. The highest BCUT2D eigenvalue weighted by atomic mass is 16.1. The Morgan fingerprint density at radius 2 is 1.69 bits per heavy atom. The molecular formula is C28H39N3O. The fourth-order valence-electron chi connectivity index (χ4n) is 5.12. The van der Waals surface area contributed by atoms with Crippen LogP contribution < -0.4 is 10.2 Å². The van der Waals surface area contributed by atoms with Crippen LogP contribution in [0.3, 0.4) is 0 Å². The van der Waals surface area contributed by atoms with Crippen LogP contribution in [0.1, 0.15) is 62.3 Å². The van der Waals surface area contributed by atoms with E-state index in [1.54, 1.807) is 0 Å². The smallest absolute Gasteiger partial charge is 0.223 e. The molecule has 0 aromatic heterocycles. The number of rotatable bonds is 6. The molecular weight excluding hydrogens is 394 g/mol. The molecule has 1 amide bonds. The van der Waals surface area contributed by atoms with E-state index in [9.17, 15) is 4.79 Å². The van der Waals surface area contributed by atoms with Gasteiger partial charge in [-0.3, -0.25) is 9.69 Å². The highest BCUT2D eigenvalue weighted by molar-refractivity contribution is 5.79. The first-order chi connectivity index (χ1) is 15.5. The van der Waals surface area contributed by atoms with Crippen LogP contribution in [-0.2, 0) is 11.3 Å². The van der Waals surface area contributed by atoms with Gasteiger partial charge < -0.3 is 10.2 Å². The SMILES string of the molecule is Cc1ccc(CN2CCC(C(=O)N[C@H](C)c3ccc(N4CCC[C@@H](C)C4)cc3)CC2)cc1. The van der Waals surface area contributed by atoms with E-state index in [0.29, 0.717) is 0 Å². The molecule has 2 aliphatic rings. The van der Waals surface area contributed by atoms with Gasteiger partial charge >= 0.3 is 0 Å². The quantitative estimate of drug-likeness (QED) is 0.670. The zero-order chi connectivity index (χ0) is 22.5. The summed E-state index contributed by atoms with van der Waals surface area (Å²) in [6, 6.07) is 17.6. The number of piperidine rings is 2. The molecule has 4 heteroatoms. The molecule has 0 aliphatic carbocycles. The summed E-state index contributed by atoms with van der Waals surface area (Å²) in [6.45, 7) is 11.8. The summed E-state index contributed by atoms with van der Waals surface area (Å²) in [7, 11) is 0. The molecule has 2 fully saturated rings. The summed E-state index contributed by atoms with van der Waals surface area (Å²) in [5.41, 5.74) is 5.15. The number of nitrogens with one attached hydrogen (secondary N) is 1. The van der Waals surface area contributed by atoms with Crippen LogP contribution in [0.15, 0.2) is 48.5 Å². The van der Waals surface area contributed by atoms with E-state index in [-0.39, 0.29) is 17.9 Å². The first-order valence-corrected chi connectivity index (χ1v) is 12.4. The maximum absolute atomic E-state index is 12.9. The van der Waals surface area contributed by atoms with Crippen LogP contribution in [0.5, 0.6) is 0 Å². The van der Waals surface area contributed by atoms with Gasteiger partial charge in [0.1, 0.15) is 0 Å². The Kier molecular flexibility index (Phi) is 7.51. The molecule has 32 heavy (non-hydrogen) atoms. The van der Waals surface area contributed by atoms with Crippen molar-refractivity contribution in [1.82, 2.24) is 10.2 Å². The molecule has 0 bridgehead atoms. The minimum atomic E-state index is 0.0439. The lowest BCUT2D eigenvalue weighted by Crippen LogP contribution is -2.40. The van der Waals surface area contributed by atoms with E-state index in [4.69, 9.17) is 0 Å². The molecule has 0 radical (unpaired) electrons. The van der Waals surface area contributed by atoms with Crippen molar-refractivity contribution in [2.45, 2.75) is 59.0 Å². The van der Waals surface area contributed by atoms with Gasteiger partial charge in [-0.15, -0.1) is 0 Å². The second-order valence-corrected chi connectivity index (χ2v) is 10.1. The number of carbonyl (C=O) groups is 1. The highest BCUT2D eigenvalue weighted by Gasteiger charge is 2.26. The number of aryl methyl sites for hydroxylation is 1. The maximum atomic E-state index is 12.9. The second-order valence-electron chi connectivity index (χ2n) is 10.1. The summed E-state index contributed by atoms with van der Waals surface area (Å²) >= 11 is 0. The Bertz CT molecular complexity index is 869. The summed E-state index contributed by atoms with van der Waals surface area (Å²) < 4.78 is 0. The molecule has 2 atom stereocenters. The Morgan fingerprint density at radius 1 is 1.00 bits per heavy atom. The molecule has 2 heterocycles. The standard InChI is InChI=1S/C28H39N3O/c1-21-6-8-24(9-7-21)20-30-17-14-26(15-18-30)28(32)29-23(3)25-10-12-27(13-11-25)31-16-4-5-22(2)19-31/h6-13,22-23,26H,4-5,14-20H2,1-3H3,(H,29,32)/t22-,23-/m1/s1. The van der Waals surface area contributed by atoms with Crippen molar-refractivity contribution in [2.75, 3.05) is 31.1 Å². The normalized spacial score (nSPS) is 21.3. The fraction of sp³-hybridized carbons (Fsp3) is 0.536. The average molecular weight is 434 g/mol. The van der Waals surface area contributed by atoms with Gasteiger partial charge in [0.05, 0.1) is 6.04 Å². The Hall–Kier alpha value is -2.33.